The molecule has 0 bridgehead atoms. The van der Waals surface area contributed by atoms with E-state index >= 15 is 0 Å². The quantitative estimate of drug-likeness (QED) is 0.485. The van der Waals surface area contributed by atoms with Gasteiger partial charge < -0.3 is 19.7 Å². The maximum absolute atomic E-state index is 14.1. The van der Waals surface area contributed by atoms with E-state index in [1.807, 2.05) is 10.3 Å². The molecule has 1 amide bonds. The van der Waals surface area contributed by atoms with Gasteiger partial charge in [-0.3, -0.25) is 4.79 Å². The predicted octanol–water partition coefficient (Wildman–Crippen LogP) is 3.50. The molecule has 1 aromatic rings. The van der Waals surface area contributed by atoms with Crippen LogP contribution in [0.25, 0.3) is 0 Å². The van der Waals surface area contributed by atoms with E-state index in [9.17, 15) is 14.0 Å². The minimum atomic E-state index is -0.650. The Morgan fingerprint density at radius 2 is 2.13 bits per heavy atom. The van der Waals surface area contributed by atoms with Crippen LogP contribution in [0, 0.1) is 5.82 Å². The maximum atomic E-state index is 14.1. The molecule has 3 rings (SSSR count). The van der Waals surface area contributed by atoms with Crippen LogP contribution in [0.4, 0.5) is 4.39 Å². The molecule has 0 saturated heterocycles. The number of carbonyl (C=O) groups excluding carboxylic acids is 2. The van der Waals surface area contributed by atoms with Crippen molar-refractivity contribution in [1.29, 1.82) is 0 Å². The third-order valence-electron chi connectivity index (χ3n) is 4.70. The number of hydrogen-bond donors (Lipinski definition) is 1. The highest BCUT2D eigenvalue weighted by atomic mass is 32.2. The number of aliphatic imine (C=N–C) groups is 1. The van der Waals surface area contributed by atoms with Gasteiger partial charge in [-0.2, -0.15) is 0 Å². The van der Waals surface area contributed by atoms with Crippen LogP contribution in [0.5, 0.6) is 0 Å². The molecular weight excluding hydrogens is 421 g/mol. The molecular formula is C22H26FN3O4S. The van der Waals surface area contributed by atoms with Gasteiger partial charge in [0.15, 0.2) is 5.17 Å². The van der Waals surface area contributed by atoms with Crippen molar-refractivity contribution in [2.45, 2.75) is 39.3 Å². The van der Waals surface area contributed by atoms with Gasteiger partial charge in [-0.05, 0) is 43.9 Å². The van der Waals surface area contributed by atoms with Crippen LogP contribution in [0.1, 0.15) is 38.8 Å². The Morgan fingerprint density at radius 3 is 2.81 bits per heavy atom. The van der Waals surface area contributed by atoms with Crippen LogP contribution in [0.15, 0.2) is 51.6 Å². The molecule has 9 heteroatoms. The molecule has 1 aromatic carbocycles. The highest BCUT2D eigenvalue weighted by Gasteiger charge is 2.41. The average Bonchev–Trinajstić information content (AvgIpc) is 3.08. The van der Waals surface area contributed by atoms with Gasteiger partial charge in [0.2, 0.25) is 5.91 Å². The van der Waals surface area contributed by atoms with Gasteiger partial charge in [0, 0.05) is 19.4 Å². The van der Waals surface area contributed by atoms with E-state index in [0.29, 0.717) is 40.8 Å². The standard InChI is InChI=1S/C22H26FN3O4S/c1-13(2)30-21(28)19-14(3)25-22-26(20(19)15-6-5-7-16(23)10-15)17(12-31-22)11-18(27)24-8-9-29-4/h5-7,10,12-13,20H,8-9,11H2,1-4H3,(H,24,27). The van der Waals surface area contributed by atoms with Gasteiger partial charge in [-0.15, -0.1) is 0 Å². The third kappa shape index (κ3) is 5.34. The third-order valence-corrected chi connectivity index (χ3v) is 5.59. The van der Waals surface area contributed by atoms with Crippen LogP contribution in [-0.4, -0.2) is 48.3 Å². The normalized spacial score (nSPS) is 18.0. The topological polar surface area (TPSA) is 80.2 Å². The molecule has 0 fully saturated rings. The number of benzene rings is 1. The van der Waals surface area contributed by atoms with Crippen molar-refractivity contribution in [3.05, 3.63) is 58.0 Å². The molecule has 2 aliphatic heterocycles. The Balaban J connectivity index is 1.97. The number of nitrogens with zero attached hydrogens (tertiary/aromatic N) is 2. The summed E-state index contributed by atoms with van der Waals surface area (Å²) in [6.45, 7) is 6.08. The van der Waals surface area contributed by atoms with Crippen LogP contribution < -0.4 is 5.32 Å². The van der Waals surface area contributed by atoms with E-state index < -0.39 is 17.8 Å². The Bertz CT molecular complexity index is 958. The van der Waals surface area contributed by atoms with Crippen molar-refractivity contribution < 1.29 is 23.5 Å². The Kier molecular flexibility index (Phi) is 7.50. The summed E-state index contributed by atoms with van der Waals surface area (Å²) in [6, 6.07) is 5.45. The number of fused-ring (bicyclic) bond motifs is 1. The number of nitrogens with one attached hydrogen (secondary N) is 1. The first-order valence-electron chi connectivity index (χ1n) is 9.98. The first-order chi connectivity index (χ1) is 14.8. The molecule has 0 radical (unpaired) electrons. The monoisotopic (exact) mass is 447 g/mol. The summed E-state index contributed by atoms with van der Waals surface area (Å²) in [4.78, 5) is 31.8. The molecule has 166 valence electrons. The van der Waals surface area contributed by atoms with Crippen molar-refractivity contribution in [3.8, 4) is 0 Å². The fourth-order valence-corrected chi connectivity index (χ4v) is 4.38. The summed E-state index contributed by atoms with van der Waals surface area (Å²) in [5.74, 6) is -1.10. The second-order valence-corrected chi connectivity index (χ2v) is 8.26. The fraction of sp³-hybridized carbons (Fsp3) is 0.409. The fourth-order valence-electron chi connectivity index (χ4n) is 3.42. The minimum absolute atomic E-state index is 0.0904. The number of methoxy groups -OCH3 is 1. The van der Waals surface area contributed by atoms with Gasteiger partial charge >= 0.3 is 5.97 Å². The van der Waals surface area contributed by atoms with Crippen molar-refractivity contribution in [2.75, 3.05) is 20.3 Å². The molecule has 0 saturated carbocycles. The molecule has 7 nitrogen and oxygen atoms in total. The zero-order valence-electron chi connectivity index (χ0n) is 18.0. The van der Waals surface area contributed by atoms with Crippen LogP contribution in [0.2, 0.25) is 0 Å². The Labute approximate surface area is 185 Å². The lowest BCUT2D eigenvalue weighted by Gasteiger charge is -2.36. The molecule has 1 atom stereocenters. The number of rotatable bonds is 8. The molecule has 2 aliphatic rings. The molecule has 2 heterocycles. The van der Waals surface area contributed by atoms with Gasteiger partial charge in [0.25, 0.3) is 0 Å². The number of amides is 1. The van der Waals surface area contributed by atoms with E-state index in [-0.39, 0.29) is 18.4 Å². The van der Waals surface area contributed by atoms with E-state index in [1.165, 1.54) is 23.9 Å². The largest absolute Gasteiger partial charge is 0.459 e. The second kappa shape index (κ2) is 10.1. The van der Waals surface area contributed by atoms with E-state index in [4.69, 9.17) is 9.47 Å². The Morgan fingerprint density at radius 1 is 1.35 bits per heavy atom. The SMILES string of the molecule is COCCNC(=O)CC1=CSC2=NC(C)=C(C(=O)OC(C)C)C(c3cccc(F)c3)N12. The molecule has 0 aromatic heterocycles. The van der Waals surface area contributed by atoms with Crippen molar-refractivity contribution >= 4 is 28.8 Å². The number of ether oxygens (including phenoxy) is 2. The van der Waals surface area contributed by atoms with Crippen molar-refractivity contribution in [1.82, 2.24) is 10.2 Å². The second-order valence-electron chi connectivity index (χ2n) is 7.42. The summed E-state index contributed by atoms with van der Waals surface area (Å²) < 4.78 is 24.5. The van der Waals surface area contributed by atoms with Crippen molar-refractivity contribution in [3.63, 3.8) is 0 Å². The molecule has 1 N–H and O–H groups in total. The number of allylic oxidation sites excluding steroid dienone is 1. The lowest BCUT2D eigenvalue weighted by Crippen LogP contribution is -2.38. The van der Waals surface area contributed by atoms with Crippen LogP contribution >= 0.6 is 11.8 Å². The molecule has 31 heavy (non-hydrogen) atoms. The highest BCUT2D eigenvalue weighted by molar-refractivity contribution is 8.16. The number of thioether (sulfide) groups is 1. The number of amidine groups is 1. The zero-order chi connectivity index (χ0) is 22.5. The number of esters is 1. The minimum Gasteiger partial charge on any atom is -0.459 e. The maximum Gasteiger partial charge on any atom is 0.338 e. The summed E-state index contributed by atoms with van der Waals surface area (Å²) >= 11 is 1.37. The smallest absolute Gasteiger partial charge is 0.338 e. The lowest BCUT2D eigenvalue weighted by molar-refractivity contribution is -0.143. The van der Waals surface area contributed by atoms with Gasteiger partial charge in [0.1, 0.15) is 5.82 Å². The predicted molar refractivity (Wildman–Crippen MR) is 118 cm³/mol. The van der Waals surface area contributed by atoms with Gasteiger partial charge in [0.05, 0.1) is 36.4 Å². The summed E-state index contributed by atoms with van der Waals surface area (Å²) in [7, 11) is 1.56. The number of carbonyl (C=O) groups is 2. The van der Waals surface area contributed by atoms with E-state index in [0.717, 1.165) is 0 Å². The molecule has 1 unspecified atom stereocenters. The first kappa shape index (κ1) is 23.0. The van der Waals surface area contributed by atoms with Gasteiger partial charge in [-0.25, -0.2) is 14.2 Å². The summed E-state index contributed by atoms with van der Waals surface area (Å²) in [5, 5.41) is 5.26. The highest BCUT2D eigenvalue weighted by Crippen LogP contribution is 2.44. The Hall–Kier alpha value is -2.65. The zero-order valence-corrected chi connectivity index (χ0v) is 18.8. The number of halogens is 1. The lowest BCUT2D eigenvalue weighted by atomic mass is 9.93. The summed E-state index contributed by atoms with van der Waals surface area (Å²) in [5.41, 5.74) is 2.10. The van der Waals surface area contributed by atoms with Crippen LogP contribution in [0.3, 0.4) is 0 Å². The van der Waals surface area contributed by atoms with Crippen LogP contribution in [-0.2, 0) is 19.1 Å². The van der Waals surface area contributed by atoms with Crippen molar-refractivity contribution in [2.24, 2.45) is 4.99 Å². The summed E-state index contributed by atoms with van der Waals surface area (Å²) in [6.07, 6.45) is -0.228. The van der Waals surface area contributed by atoms with Gasteiger partial charge in [-0.1, -0.05) is 23.9 Å². The average molecular weight is 448 g/mol. The van der Waals surface area contributed by atoms with E-state index in [1.54, 1.807) is 40.0 Å². The first-order valence-corrected chi connectivity index (χ1v) is 10.9. The molecule has 0 spiro atoms. The molecule has 0 aliphatic carbocycles. The number of hydrogen-bond acceptors (Lipinski definition) is 7. The van der Waals surface area contributed by atoms with E-state index in [2.05, 4.69) is 10.3 Å².